The Labute approximate surface area is 180 Å². The quantitative estimate of drug-likeness (QED) is 0.642. The van der Waals surface area contributed by atoms with Gasteiger partial charge in [0.2, 0.25) is 0 Å². The molecule has 5 heteroatoms. The third kappa shape index (κ3) is 3.80. The summed E-state index contributed by atoms with van der Waals surface area (Å²) in [5, 5.41) is 7.73. The van der Waals surface area contributed by atoms with Gasteiger partial charge in [-0.15, -0.1) is 0 Å². The predicted molar refractivity (Wildman–Crippen MR) is 116 cm³/mol. The molecule has 0 amide bonds. The van der Waals surface area contributed by atoms with Crippen LogP contribution in [-0.4, -0.2) is 44.4 Å². The van der Waals surface area contributed by atoms with Gasteiger partial charge in [0, 0.05) is 12.6 Å². The van der Waals surface area contributed by atoms with Crippen molar-refractivity contribution in [2.24, 2.45) is 23.2 Å². The van der Waals surface area contributed by atoms with Crippen molar-refractivity contribution in [3.63, 3.8) is 0 Å². The Bertz CT molecular complexity index is 730. The van der Waals surface area contributed by atoms with E-state index in [0.29, 0.717) is 30.4 Å². The van der Waals surface area contributed by atoms with Crippen LogP contribution in [0, 0.1) is 23.2 Å². The maximum Gasteiger partial charge on any atom is 0.311 e. The number of ether oxygens (including phenoxy) is 2. The van der Waals surface area contributed by atoms with Gasteiger partial charge >= 0.3 is 5.97 Å². The van der Waals surface area contributed by atoms with Crippen LogP contribution in [0.25, 0.3) is 0 Å². The van der Waals surface area contributed by atoms with Gasteiger partial charge in [-0.05, 0) is 74.8 Å². The molecule has 1 heterocycles. The summed E-state index contributed by atoms with van der Waals surface area (Å²) in [5.74, 6) is 1.98. The van der Waals surface area contributed by atoms with Crippen LogP contribution in [-0.2, 0) is 20.9 Å². The average molecular weight is 413 g/mol. The third-order valence-corrected chi connectivity index (χ3v) is 8.39. The molecule has 2 N–H and O–H groups in total. The second-order valence-corrected chi connectivity index (χ2v) is 10.4. The fourth-order valence-electron chi connectivity index (χ4n) is 7.27. The van der Waals surface area contributed by atoms with Gasteiger partial charge in [0.25, 0.3) is 0 Å². The number of hydrogen-bond acceptors (Lipinski definition) is 5. The van der Waals surface area contributed by atoms with Crippen molar-refractivity contribution in [1.29, 1.82) is 0 Å². The number of nitrogens with one attached hydrogen (secondary N) is 2. The first-order valence-electron chi connectivity index (χ1n) is 11.8. The summed E-state index contributed by atoms with van der Waals surface area (Å²) in [6.07, 6.45) is 7.99. The highest BCUT2D eigenvalue weighted by atomic mass is 16.5. The van der Waals surface area contributed by atoms with E-state index in [1.165, 1.54) is 24.8 Å². The maximum absolute atomic E-state index is 12.6. The second kappa shape index (κ2) is 8.25. The Morgan fingerprint density at radius 1 is 1.17 bits per heavy atom. The molecule has 4 aliphatic carbocycles. The van der Waals surface area contributed by atoms with E-state index >= 15 is 0 Å². The maximum atomic E-state index is 12.6. The minimum atomic E-state index is -0.189. The monoisotopic (exact) mass is 412 g/mol. The number of methoxy groups -OCH3 is 1. The van der Waals surface area contributed by atoms with Crippen LogP contribution >= 0.6 is 0 Å². The number of benzene rings is 1. The highest BCUT2D eigenvalue weighted by Gasteiger charge is 2.59. The van der Waals surface area contributed by atoms with Crippen molar-refractivity contribution in [2.75, 3.05) is 26.8 Å². The van der Waals surface area contributed by atoms with E-state index in [1.54, 1.807) is 7.11 Å². The van der Waals surface area contributed by atoms with Gasteiger partial charge in [-0.3, -0.25) is 4.79 Å². The Morgan fingerprint density at radius 3 is 2.60 bits per heavy atom. The van der Waals surface area contributed by atoms with Crippen LogP contribution < -0.4 is 10.6 Å². The Hall–Kier alpha value is -1.43. The average Bonchev–Trinajstić information content (AvgIpc) is 3.22. The second-order valence-electron chi connectivity index (χ2n) is 10.4. The van der Waals surface area contributed by atoms with E-state index in [0.717, 1.165) is 45.4 Å². The lowest BCUT2D eigenvalue weighted by Crippen LogP contribution is -2.63. The summed E-state index contributed by atoms with van der Waals surface area (Å²) >= 11 is 0. The van der Waals surface area contributed by atoms with Crippen LogP contribution in [0.3, 0.4) is 0 Å². The van der Waals surface area contributed by atoms with Gasteiger partial charge in [-0.25, -0.2) is 0 Å². The lowest BCUT2D eigenvalue weighted by Gasteiger charge is -2.59. The fourth-order valence-corrected chi connectivity index (χ4v) is 7.27. The molecule has 30 heavy (non-hydrogen) atoms. The van der Waals surface area contributed by atoms with Gasteiger partial charge in [0.15, 0.2) is 0 Å². The van der Waals surface area contributed by atoms with E-state index < -0.39 is 0 Å². The molecule has 1 aliphatic heterocycles. The molecule has 1 saturated heterocycles. The molecule has 4 saturated carbocycles. The summed E-state index contributed by atoms with van der Waals surface area (Å²) < 4.78 is 11.4. The molecule has 0 spiro atoms. The minimum Gasteiger partial charge on any atom is -0.469 e. The molecule has 5 aliphatic rings. The number of esters is 1. The summed E-state index contributed by atoms with van der Waals surface area (Å²) in [6.45, 7) is 3.44. The smallest absolute Gasteiger partial charge is 0.311 e. The molecule has 6 rings (SSSR count). The van der Waals surface area contributed by atoms with Crippen LogP contribution in [0.2, 0.25) is 0 Å². The Kier molecular flexibility index (Phi) is 5.63. The van der Waals surface area contributed by atoms with Gasteiger partial charge in [-0.1, -0.05) is 30.3 Å². The van der Waals surface area contributed by atoms with Crippen molar-refractivity contribution >= 4 is 5.97 Å². The van der Waals surface area contributed by atoms with E-state index in [4.69, 9.17) is 9.47 Å². The standard InChI is InChI=1S/C25H36N2O3/c1-29-23(28)24-12-19-10-20(13-24)22(21(11-19)14-24)26-16-25(8-5-9-27-25)17-30-15-18-6-3-2-4-7-18/h2-4,6-7,19-22,26-27H,5,8-17H2,1H3. The molecule has 1 aromatic rings. The van der Waals surface area contributed by atoms with Gasteiger partial charge in [0.1, 0.15) is 0 Å². The zero-order valence-electron chi connectivity index (χ0n) is 18.2. The molecule has 3 unspecified atom stereocenters. The molecule has 1 aromatic carbocycles. The molecule has 0 radical (unpaired) electrons. The van der Waals surface area contributed by atoms with Crippen molar-refractivity contribution in [3.05, 3.63) is 35.9 Å². The fraction of sp³-hybridized carbons (Fsp3) is 0.720. The lowest BCUT2D eigenvalue weighted by molar-refractivity contribution is -0.171. The molecule has 5 nitrogen and oxygen atoms in total. The van der Waals surface area contributed by atoms with Crippen molar-refractivity contribution < 1.29 is 14.3 Å². The summed E-state index contributed by atoms with van der Waals surface area (Å²) in [4.78, 5) is 12.6. The summed E-state index contributed by atoms with van der Waals surface area (Å²) in [6, 6.07) is 11.0. The first-order valence-corrected chi connectivity index (χ1v) is 11.8. The van der Waals surface area contributed by atoms with Gasteiger partial charge in [-0.2, -0.15) is 0 Å². The van der Waals surface area contributed by atoms with Crippen LogP contribution in [0.15, 0.2) is 30.3 Å². The minimum absolute atomic E-state index is 0.0312. The van der Waals surface area contributed by atoms with E-state index in [9.17, 15) is 4.79 Å². The normalized spacial score (nSPS) is 39.4. The topological polar surface area (TPSA) is 59.6 Å². The Balaban J connectivity index is 1.20. The Morgan fingerprint density at radius 2 is 1.93 bits per heavy atom. The first kappa shape index (κ1) is 20.5. The zero-order valence-corrected chi connectivity index (χ0v) is 18.2. The molecule has 3 atom stereocenters. The molecular formula is C25H36N2O3. The summed E-state index contributed by atoms with van der Waals surface area (Å²) in [5.41, 5.74) is 1.07. The van der Waals surface area contributed by atoms with Crippen LogP contribution in [0.1, 0.15) is 50.5 Å². The molecule has 4 bridgehead atoms. The third-order valence-electron chi connectivity index (χ3n) is 8.39. The van der Waals surface area contributed by atoms with Crippen LogP contribution in [0.5, 0.6) is 0 Å². The predicted octanol–water partition coefficient (Wildman–Crippen LogP) is 3.28. The number of carbonyl (C=O) groups is 1. The number of carbonyl (C=O) groups excluding carboxylic acids is 1. The number of rotatable bonds is 8. The van der Waals surface area contributed by atoms with Crippen molar-refractivity contribution in [1.82, 2.24) is 10.6 Å². The SMILES string of the molecule is COC(=O)C12CC3CC(C1)C(NCC1(COCc4ccccc4)CCCN1)C(C3)C2. The van der Waals surface area contributed by atoms with Gasteiger partial charge in [0.05, 0.1) is 31.3 Å². The first-order chi connectivity index (χ1) is 14.6. The molecule has 5 fully saturated rings. The molecule has 164 valence electrons. The van der Waals surface area contributed by atoms with E-state index in [-0.39, 0.29) is 16.9 Å². The molecular weight excluding hydrogens is 376 g/mol. The number of hydrogen-bond donors (Lipinski definition) is 2. The highest BCUT2D eigenvalue weighted by Crippen LogP contribution is 2.60. The van der Waals surface area contributed by atoms with Gasteiger partial charge < -0.3 is 20.1 Å². The van der Waals surface area contributed by atoms with Crippen LogP contribution in [0.4, 0.5) is 0 Å². The highest BCUT2D eigenvalue weighted by molar-refractivity contribution is 5.77. The summed E-state index contributed by atoms with van der Waals surface area (Å²) in [7, 11) is 1.56. The van der Waals surface area contributed by atoms with E-state index in [1.807, 2.05) is 6.07 Å². The molecule has 0 aromatic heterocycles. The largest absolute Gasteiger partial charge is 0.469 e. The zero-order chi connectivity index (χ0) is 20.6. The lowest BCUT2D eigenvalue weighted by atomic mass is 9.48. The van der Waals surface area contributed by atoms with E-state index in [2.05, 4.69) is 34.9 Å². The van der Waals surface area contributed by atoms with Crippen molar-refractivity contribution in [3.8, 4) is 0 Å². The van der Waals surface area contributed by atoms with Crippen molar-refractivity contribution in [2.45, 2.75) is 63.1 Å².